The van der Waals surface area contributed by atoms with Crippen molar-refractivity contribution >= 4 is 32.5 Å². The zero-order valence-electron chi connectivity index (χ0n) is 11.9. The number of fused-ring (bicyclic) bond motifs is 1. The summed E-state index contributed by atoms with van der Waals surface area (Å²) in [6.07, 6.45) is 0. The van der Waals surface area contributed by atoms with E-state index in [1.165, 1.54) is 24.3 Å². The highest BCUT2D eigenvalue weighted by atomic mass is 32.2. The van der Waals surface area contributed by atoms with Crippen molar-refractivity contribution in [2.75, 3.05) is 4.72 Å². The summed E-state index contributed by atoms with van der Waals surface area (Å²) in [5, 5.41) is 12.4. The Balaban J connectivity index is 1.98. The first kappa shape index (κ1) is 15.1. The minimum absolute atomic E-state index is 0.0181. The SMILES string of the molecule is O=C([O-])c1ccc(S(=O)(=O)Nc2cccc3ccccc23)cc1. The molecule has 3 aromatic rings. The molecule has 0 fully saturated rings. The number of carboxylic acids is 1. The zero-order valence-corrected chi connectivity index (χ0v) is 12.7. The third-order valence-corrected chi connectivity index (χ3v) is 4.82. The first-order chi connectivity index (χ1) is 11.0. The fraction of sp³-hybridized carbons (Fsp3) is 0. The van der Waals surface area contributed by atoms with E-state index in [4.69, 9.17) is 0 Å². The third kappa shape index (κ3) is 3.02. The maximum atomic E-state index is 12.5. The molecule has 0 saturated heterocycles. The van der Waals surface area contributed by atoms with Crippen molar-refractivity contribution in [3.05, 3.63) is 72.3 Å². The lowest BCUT2D eigenvalue weighted by Crippen LogP contribution is -2.22. The van der Waals surface area contributed by atoms with Crippen LogP contribution in [-0.4, -0.2) is 14.4 Å². The minimum Gasteiger partial charge on any atom is -0.545 e. The lowest BCUT2D eigenvalue weighted by molar-refractivity contribution is -0.255. The van der Waals surface area contributed by atoms with Gasteiger partial charge in [0.1, 0.15) is 0 Å². The van der Waals surface area contributed by atoms with Crippen molar-refractivity contribution in [2.45, 2.75) is 4.90 Å². The molecular formula is C17H12NO4S-. The predicted octanol–water partition coefficient (Wildman–Crippen LogP) is 2.00. The molecule has 0 bridgehead atoms. The van der Waals surface area contributed by atoms with E-state index in [1.807, 2.05) is 30.3 Å². The van der Waals surface area contributed by atoms with Gasteiger partial charge in [-0.2, -0.15) is 0 Å². The Bertz CT molecular complexity index is 974. The van der Waals surface area contributed by atoms with E-state index in [0.717, 1.165) is 10.8 Å². The van der Waals surface area contributed by atoms with Crippen LogP contribution in [0.4, 0.5) is 5.69 Å². The number of carboxylic acid groups (broad SMARTS) is 1. The molecule has 0 aliphatic rings. The van der Waals surface area contributed by atoms with Gasteiger partial charge in [0.05, 0.1) is 16.6 Å². The van der Waals surface area contributed by atoms with Crippen molar-refractivity contribution in [2.24, 2.45) is 0 Å². The van der Waals surface area contributed by atoms with Crippen LogP contribution in [0.1, 0.15) is 10.4 Å². The van der Waals surface area contributed by atoms with Crippen LogP contribution >= 0.6 is 0 Å². The molecule has 0 atom stereocenters. The summed E-state index contributed by atoms with van der Waals surface area (Å²) >= 11 is 0. The second-order valence-electron chi connectivity index (χ2n) is 4.94. The molecule has 0 heterocycles. The van der Waals surface area contributed by atoms with Gasteiger partial charge in [-0.25, -0.2) is 8.42 Å². The Morgan fingerprint density at radius 2 is 1.52 bits per heavy atom. The quantitative estimate of drug-likeness (QED) is 0.794. The van der Waals surface area contributed by atoms with E-state index in [2.05, 4.69) is 4.72 Å². The zero-order chi connectivity index (χ0) is 16.4. The van der Waals surface area contributed by atoms with Gasteiger partial charge in [-0.05, 0) is 29.1 Å². The first-order valence-corrected chi connectivity index (χ1v) is 8.28. The monoisotopic (exact) mass is 326 g/mol. The Hall–Kier alpha value is -2.86. The van der Waals surface area contributed by atoms with Crippen LogP contribution in [0.15, 0.2) is 71.6 Å². The fourth-order valence-corrected chi connectivity index (χ4v) is 3.37. The highest BCUT2D eigenvalue weighted by Gasteiger charge is 2.15. The summed E-state index contributed by atoms with van der Waals surface area (Å²) < 4.78 is 27.4. The number of hydrogen-bond donors (Lipinski definition) is 1. The Morgan fingerprint density at radius 3 is 2.22 bits per heavy atom. The van der Waals surface area contributed by atoms with Gasteiger partial charge in [0.2, 0.25) is 0 Å². The number of aromatic carboxylic acids is 1. The van der Waals surface area contributed by atoms with Crippen LogP contribution in [0.25, 0.3) is 10.8 Å². The number of benzene rings is 3. The van der Waals surface area contributed by atoms with Crippen LogP contribution in [-0.2, 0) is 10.0 Å². The highest BCUT2D eigenvalue weighted by molar-refractivity contribution is 7.92. The molecule has 0 spiro atoms. The van der Waals surface area contributed by atoms with E-state index in [-0.39, 0.29) is 10.5 Å². The van der Waals surface area contributed by atoms with Crippen LogP contribution in [0.2, 0.25) is 0 Å². The normalized spacial score (nSPS) is 11.3. The van der Waals surface area contributed by atoms with Gasteiger partial charge in [0.25, 0.3) is 10.0 Å². The Kier molecular flexibility index (Phi) is 3.75. The molecule has 5 nitrogen and oxygen atoms in total. The Labute approximate surface area is 133 Å². The lowest BCUT2D eigenvalue weighted by Gasteiger charge is -2.11. The number of anilines is 1. The molecule has 3 rings (SSSR count). The van der Waals surface area contributed by atoms with Crippen LogP contribution in [0, 0.1) is 0 Å². The van der Waals surface area contributed by atoms with Crippen LogP contribution in [0.5, 0.6) is 0 Å². The van der Waals surface area contributed by atoms with E-state index >= 15 is 0 Å². The molecule has 0 saturated carbocycles. The maximum Gasteiger partial charge on any atom is 0.261 e. The molecule has 0 unspecified atom stereocenters. The lowest BCUT2D eigenvalue weighted by atomic mass is 10.1. The standard InChI is InChI=1S/C17H13NO4S/c19-17(20)13-8-10-14(11-9-13)23(21,22)18-16-7-3-5-12-4-1-2-6-15(12)16/h1-11,18H,(H,19,20)/p-1. The molecular weight excluding hydrogens is 314 g/mol. The number of nitrogens with one attached hydrogen (secondary N) is 1. The number of hydrogen-bond acceptors (Lipinski definition) is 4. The molecule has 0 radical (unpaired) electrons. The van der Waals surface area contributed by atoms with E-state index in [1.54, 1.807) is 12.1 Å². The van der Waals surface area contributed by atoms with Crippen molar-refractivity contribution in [3.8, 4) is 0 Å². The van der Waals surface area contributed by atoms with Crippen LogP contribution in [0.3, 0.4) is 0 Å². The number of carbonyl (C=O) groups excluding carboxylic acids is 1. The third-order valence-electron chi connectivity index (χ3n) is 3.43. The molecule has 0 aliphatic heterocycles. The van der Waals surface area contributed by atoms with Crippen molar-refractivity contribution in [1.82, 2.24) is 0 Å². The van der Waals surface area contributed by atoms with Crippen molar-refractivity contribution in [1.29, 1.82) is 0 Å². The van der Waals surface area contributed by atoms with Gasteiger partial charge in [-0.15, -0.1) is 0 Å². The maximum absolute atomic E-state index is 12.5. The molecule has 3 aromatic carbocycles. The van der Waals surface area contributed by atoms with E-state index in [9.17, 15) is 18.3 Å². The smallest absolute Gasteiger partial charge is 0.261 e. The molecule has 6 heteroatoms. The van der Waals surface area contributed by atoms with Crippen molar-refractivity contribution in [3.63, 3.8) is 0 Å². The van der Waals surface area contributed by atoms with Gasteiger partial charge in [-0.3, -0.25) is 4.72 Å². The summed E-state index contributed by atoms with van der Waals surface area (Å²) in [4.78, 5) is 10.7. The molecule has 0 aromatic heterocycles. The molecule has 0 aliphatic carbocycles. The molecule has 116 valence electrons. The predicted molar refractivity (Wildman–Crippen MR) is 85.5 cm³/mol. The van der Waals surface area contributed by atoms with Gasteiger partial charge in [0, 0.05) is 5.39 Å². The highest BCUT2D eigenvalue weighted by Crippen LogP contribution is 2.25. The summed E-state index contributed by atoms with van der Waals surface area (Å²) in [7, 11) is -3.81. The van der Waals surface area contributed by atoms with Gasteiger partial charge < -0.3 is 9.90 Å². The Morgan fingerprint density at radius 1 is 0.870 bits per heavy atom. The minimum atomic E-state index is -3.81. The molecule has 1 N–H and O–H groups in total. The number of carbonyl (C=O) groups is 1. The summed E-state index contributed by atoms with van der Waals surface area (Å²) in [6.45, 7) is 0. The number of rotatable bonds is 4. The topological polar surface area (TPSA) is 86.3 Å². The van der Waals surface area contributed by atoms with Gasteiger partial charge >= 0.3 is 0 Å². The van der Waals surface area contributed by atoms with E-state index < -0.39 is 16.0 Å². The average molecular weight is 326 g/mol. The first-order valence-electron chi connectivity index (χ1n) is 6.79. The summed E-state index contributed by atoms with van der Waals surface area (Å²) in [5.41, 5.74) is 0.390. The van der Waals surface area contributed by atoms with Gasteiger partial charge in [-0.1, -0.05) is 48.5 Å². The number of sulfonamides is 1. The largest absolute Gasteiger partial charge is 0.545 e. The fourth-order valence-electron chi connectivity index (χ4n) is 2.29. The van der Waals surface area contributed by atoms with Crippen molar-refractivity contribution < 1.29 is 18.3 Å². The average Bonchev–Trinajstić information content (AvgIpc) is 2.55. The second kappa shape index (κ2) is 5.73. The second-order valence-corrected chi connectivity index (χ2v) is 6.63. The van der Waals surface area contributed by atoms with Gasteiger partial charge in [0.15, 0.2) is 0 Å². The summed E-state index contributed by atoms with van der Waals surface area (Å²) in [5.74, 6) is -1.35. The molecule has 0 amide bonds. The van der Waals surface area contributed by atoms with Crippen LogP contribution < -0.4 is 9.83 Å². The van der Waals surface area contributed by atoms with E-state index in [0.29, 0.717) is 5.69 Å². The molecule has 23 heavy (non-hydrogen) atoms. The summed E-state index contributed by atoms with van der Waals surface area (Å²) in [6, 6.07) is 17.6.